The Morgan fingerprint density at radius 3 is 2.44 bits per heavy atom. The molecule has 1 unspecified atom stereocenters. The molecular formula is C33H59N2O+. The van der Waals surface area contributed by atoms with Gasteiger partial charge in [0.15, 0.2) is 0 Å². The summed E-state index contributed by atoms with van der Waals surface area (Å²) in [6, 6.07) is 0. The number of likely N-dealkylation sites (tertiary alicyclic amines) is 1. The third-order valence-corrected chi connectivity index (χ3v) is 13.3. The Hall–Kier alpha value is -0.570. The zero-order chi connectivity index (χ0) is 25.4. The van der Waals surface area contributed by atoms with Crippen LogP contribution in [-0.4, -0.2) is 43.1 Å². The highest BCUT2D eigenvalue weighted by Crippen LogP contribution is 2.68. The topological polar surface area (TPSA) is 29.1 Å². The molecule has 5 fully saturated rings. The number of nitrogens with one attached hydrogen (secondary N) is 1. The Kier molecular flexibility index (Phi) is 8.17. The molecule has 0 bridgehead atoms. The standard InChI is InChI=1S/C33H58N2O/c1-5-21-35(22-8-9-23-35)24-20-34-31(36)16-11-25(2)28-14-15-29-27-13-12-26-10-6-7-18-32(26,3)30(27)17-19-33(28,29)4/h25-30H,5-24H2,1-4H3/p+1/t25-,26?,27+,28-,29+,30+,32+,33-/m1/s1. The second-order valence-electron chi connectivity index (χ2n) is 14.9. The normalized spacial score (nSPS) is 42.3. The number of rotatable bonds is 9. The molecule has 1 N–H and O–H groups in total. The summed E-state index contributed by atoms with van der Waals surface area (Å²) in [5.41, 5.74) is 1.18. The third-order valence-electron chi connectivity index (χ3n) is 13.3. The number of carbonyl (C=O) groups is 1. The predicted molar refractivity (Wildman–Crippen MR) is 150 cm³/mol. The predicted octanol–water partition coefficient (Wildman–Crippen LogP) is 7.59. The molecular weight excluding hydrogens is 440 g/mol. The van der Waals surface area contributed by atoms with Crippen LogP contribution in [0, 0.1) is 46.3 Å². The van der Waals surface area contributed by atoms with Crippen molar-refractivity contribution in [1.29, 1.82) is 0 Å². The van der Waals surface area contributed by atoms with Crippen molar-refractivity contribution in [2.45, 2.75) is 124 Å². The fourth-order valence-electron chi connectivity index (χ4n) is 11.4. The van der Waals surface area contributed by atoms with Crippen LogP contribution in [0.2, 0.25) is 0 Å². The number of carbonyl (C=O) groups excluding carboxylic acids is 1. The average Bonchev–Trinajstić information content (AvgIpc) is 3.46. The van der Waals surface area contributed by atoms with Crippen LogP contribution < -0.4 is 5.32 Å². The summed E-state index contributed by atoms with van der Waals surface area (Å²) in [5, 5.41) is 3.32. The van der Waals surface area contributed by atoms with Crippen LogP contribution in [0.5, 0.6) is 0 Å². The molecule has 0 radical (unpaired) electrons. The van der Waals surface area contributed by atoms with Crippen molar-refractivity contribution >= 4 is 5.91 Å². The molecule has 5 aliphatic rings. The summed E-state index contributed by atoms with van der Waals surface area (Å²) in [4.78, 5) is 12.8. The van der Waals surface area contributed by atoms with Gasteiger partial charge >= 0.3 is 0 Å². The summed E-state index contributed by atoms with van der Waals surface area (Å²) < 4.78 is 1.25. The average molecular weight is 500 g/mol. The maximum atomic E-state index is 12.8. The lowest BCUT2D eigenvalue weighted by molar-refractivity contribution is -0.915. The third kappa shape index (κ3) is 4.93. The van der Waals surface area contributed by atoms with Gasteiger partial charge in [0.25, 0.3) is 0 Å². The lowest BCUT2D eigenvalue weighted by atomic mass is 9.44. The molecule has 0 spiro atoms. The molecule has 8 atom stereocenters. The highest BCUT2D eigenvalue weighted by Gasteiger charge is 2.60. The van der Waals surface area contributed by atoms with Crippen LogP contribution in [0.15, 0.2) is 0 Å². The SMILES string of the molecule is CCC[N+]1(CCNC(=O)CC[C@@H](C)[C@H]2CC[C@H]3[C@@H]4CCC5CCCC[C@]5(C)[C@H]4CC[C@]23C)CCCC1. The molecule has 0 aromatic carbocycles. The first-order valence-corrected chi connectivity index (χ1v) is 16.4. The van der Waals surface area contributed by atoms with E-state index in [1.54, 1.807) is 0 Å². The minimum absolute atomic E-state index is 0.308. The van der Waals surface area contributed by atoms with Crippen molar-refractivity contribution in [2.24, 2.45) is 46.3 Å². The van der Waals surface area contributed by atoms with E-state index < -0.39 is 0 Å². The van der Waals surface area contributed by atoms with E-state index in [-0.39, 0.29) is 0 Å². The summed E-state index contributed by atoms with van der Waals surface area (Å²) in [6.07, 6.45) is 20.7. The molecule has 1 aliphatic heterocycles. The van der Waals surface area contributed by atoms with Crippen molar-refractivity contribution in [2.75, 3.05) is 32.7 Å². The van der Waals surface area contributed by atoms with E-state index in [0.717, 1.165) is 55.5 Å². The van der Waals surface area contributed by atoms with Gasteiger partial charge in [-0.2, -0.15) is 0 Å². The number of amides is 1. The molecule has 0 aromatic rings. The van der Waals surface area contributed by atoms with Gasteiger partial charge in [-0.05, 0) is 111 Å². The second-order valence-corrected chi connectivity index (χ2v) is 14.9. The Labute approximate surface area is 223 Å². The van der Waals surface area contributed by atoms with Crippen molar-refractivity contribution in [3.05, 3.63) is 0 Å². The van der Waals surface area contributed by atoms with Gasteiger partial charge in [0.1, 0.15) is 0 Å². The minimum atomic E-state index is 0.308. The number of hydrogen-bond donors (Lipinski definition) is 1. The van der Waals surface area contributed by atoms with E-state index in [1.807, 2.05) is 0 Å². The first-order chi connectivity index (χ1) is 17.3. The largest absolute Gasteiger partial charge is 0.350 e. The van der Waals surface area contributed by atoms with Gasteiger partial charge in [-0.25, -0.2) is 0 Å². The van der Waals surface area contributed by atoms with E-state index in [9.17, 15) is 4.79 Å². The first-order valence-electron chi connectivity index (χ1n) is 16.4. The zero-order valence-corrected chi connectivity index (χ0v) is 24.5. The van der Waals surface area contributed by atoms with E-state index >= 15 is 0 Å². The van der Waals surface area contributed by atoms with Crippen LogP contribution in [-0.2, 0) is 4.79 Å². The van der Waals surface area contributed by atoms with Crippen molar-refractivity contribution in [1.82, 2.24) is 5.32 Å². The molecule has 206 valence electrons. The molecule has 4 aliphatic carbocycles. The number of fused-ring (bicyclic) bond motifs is 5. The fraction of sp³-hybridized carbons (Fsp3) is 0.970. The maximum Gasteiger partial charge on any atom is 0.220 e. The van der Waals surface area contributed by atoms with Gasteiger partial charge in [0.05, 0.1) is 32.7 Å². The Bertz CT molecular complexity index is 759. The second kappa shape index (κ2) is 10.9. The van der Waals surface area contributed by atoms with Gasteiger partial charge in [0, 0.05) is 19.3 Å². The van der Waals surface area contributed by atoms with Gasteiger partial charge in [-0.15, -0.1) is 0 Å². The van der Waals surface area contributed by atoms with Crippen LogP contribution >= 0.6 is 0 Å². The van der Waals surface area contributed by atoms with Gasteiger partial charge in [-0.3, -0.25) is 4.79 Å². The van der Waals surface area contributed by atoms with Gasteiger partial charge in [0.2, 0.25) is 5.91 Å². The van der Waals surface area contributed by atoms with Crippen LogP contribution in [0.25, 0.3) is 0 Å². The summed E-state index contributed by atoms with van der Waals surface area (Å²) in [5.74, 6) is 5.79. The maximum absolute atomic E-state index is 12.8. The van der Waals surface area contributed by atoms with Gasteiger partial charge in [-0.1, -0.05) is 40.5 Å². The summed E-state index contributed by atoms with van der Waals surface area (Å²) in [6.45, 7) is 16.1. The molecule has 0 aromatic heterocycles. The van der Waals surface area contributed by atoms with Crippen molar-refractivity contribution in [3.8, 4) is 0 Å². The molecule has 1 saturated heterocycles. The number of nitrogens with zero attached hydrogens (tertiary/aromatic N) is 1. The molecule has 4 saturated carbocycles. The summed E-state index contributed by atoms with van der Waals surface area (Å²) >= 11 is 0. The number of quaternary nitrogens is 1. The highest BCUT2D eigenvalue weighted by molar-refractivity contribution is 5.75. The van der Waals surface area contributed by atoms with Crippen molar-refractivity contribution < 1.29 is 9.28 Å². The van der Waals surface area contributed by atoms with E-state index in [0.29, 0.717) is 22.7 Å². The Morgan fingerprint density at radius 2 is 1.67 bits per heavy atom. The number of hydrogen-bond acceptors (Lipinski definition) is 1. The lowest BCUT2D eigenvalue weighted by Gasteiger charge is -2.61. The van der Waals surface area contributed by atoms with Crippen LogP contribution in [0.4, 0.5) is 0 Å². The van der Waals surface area contributed by atoms with E-state index in [4.69, 9.17) is 0 Å². The minimum Gasteiger partial charge on any atom is -0.350 e. The van der Waals surface area contributed by atoms with E-state index in [2.05, 4.69) is 33.0 Å². The molecule has 36 heavy (non-hydrogen) atoms. The monoisotopic (exact) mass is 499 g/mol. The quantitative estimate of drug-likeness (QED) is 0.325. The van der Waals surface area contributed by atoms with E-state index in [1.165, 1.54) is 108 Å². The highest BCUT2D eigenvalue weighted by atomic mass is 16.1. The van der Waals surface area contributed by atoms with Crippen LogP contribution in [0.3, 0.4) is 0 Å². The van der Waals surface area contributed by atoms with Crippen molar-refractivity contribution in [3.63, 3.8) is 0 Å². The Balaban J connectivity index is 1.12. The van der Waals surface area contributed by atoms with Gasteiger partial charge < -0.3 is 9.80 Å². The smallest absolute Gasteiger partial charge is 0.220 e. The first kappa shape index (κ1) is 27.0. The molecule has 3 nitrogen and oxygen atoms in total. The molecule has 5 rings (SSSR count). The lowest BCUT2D eigenvalue weighted by Crippen LogP contribution is -2.53. The fourth-order valence-corrected chi connectivity index (χ4v) is 11.4. The van der Waals surface area contributed by atoms with Crippen LogP contribution in [0.1, 0.15) is 124 Å². The molecule has 3 heteroatoms. The molecule has 1 heterocycles. The molecule has 1 amide bonds. The Morgan fingerprint density at radius 1 is 0.889 bits per heavy atom. The summed E-state index contributed by atoms with van der Waals surface area (Å²) in [7, 11) is 0. The zero-order valence-electron chi connectivity index (χ0n) is 24.5.